The number of carbonyl (C=O) groups is 1. The Morgan fingerprint density at radius 3 is 2.56 bits per heavy atom. The molecule has 1 heterocycles. The van der Waals surface area contributed by atoms with E-state index in [2.05, 4.69) is 5.43 Å². The van der Waals surface area contributed by atoms with Crippen molar-refractivity contribution >= 4 is 5.91 Å². The average molecular weight is 237 g/mol. The molecule has 1 saturated heterocycles. The van der Waals surface area contributed by atoms with Crippen molar-refractivity contribution in [1.82, 2.24) is 10.8 Å². The van der Waals surface area contributed by atoms with Crippen molar-refractivity contribution < 1.29 is 31.4 Å². The van der Waals surface area contributed by atoms with Gasteiger partial charge in [-0.1, -0.05) is 0 Å². The summed E-state index contributed by atoms with van der Waals surface area (Å²) in [5.74, 6) is -0.664. The predicted molar refractivity (Wildman–Crippen MR) is 50.7 cm³/mol. The molecule has 8 heteroatoms. The lowest BCUT2D eigenvalue weighted by molar-refractivity contribution is -0.255. The smallest absolute Gasteiger partial charge is 0.230 e. The first-order valence-corrected chi connectivity index (χ1v) is 4.74. The van der Waals surface area contributed by atoms with Crippen molar-refractivity contribution in [1.29, 1.82) is 0 Å². The zero-order chi connectivity index (χ0) is 13.2. The molecule has 0 aromatic rings. The van der Waals surface area contributed by atoms with Crippen LogP contribution in [-0.2, 0) is 9.53 Å². The van der Waals surface area contributed by atoms with E-state index in [-0.39, 0.29) is 0 Å². The molecule has 1 aliphatic heterocycles. The molecule has 0 saturated carbocycles. The molecule has 8 nitrogen and oxygen atoms in total. The van der Waals surface area contributed by atoms with E-state index in [1.165, 1.54) is 0 Å². The fraction of sp³-hybridized carbons (Fsp3) is 0.875. The zero-order valence-electron chi connectivity index (χ0n) is 9.65. The molecule has 0 radical (unpaired) electrons. The van der Waals surface area contributed by atoms with Gasteiger partial charge in [-0.15, -0.1) is 0 Å². The van der Waals surface area contributed by atoms with Gasteiger partial charge in [0.1, 0.15) is 24.4 Å². The number of amides is 1. The van der Waals surface area contributed by atoms with Gasteiger partial charge in [-0.2, -0.15) is 0 Å². The van der Waals surface area contributed by atoms with E-state index >= 15 is 0 Å². The molecule has 6 N–H and O–H groups in total. The summed E-state index contributed by atoms with van der Waals surface area (Å²) in [4.78, 5) is 10.8. The molecule has 1 unspecified atom stereocenters. The monoisotopic (exact) mass is 237 g/mol. The highest BCUT2D eigenvalue weighted by Gasteiger charge is 2.43. The van der Waals surface area contributed by atoms with Crippen LogP contribution < -0.4 is 10.8 Å². The van der Waals surface area contributed by atoms with Crippen LogP contribution >= 0.6 is 0 Å². The van der Waals surface area contributed by atoms with E-state index in [1.807, 2.05) is 0 Å². The maximum absolute atomic E-state index is 10.8. The van der Waals surface area contributed by atoms with Gasteiger partial charge >= 0.3 is 0 Å². The third-order valence-electron chi connectivity index (χ3n) is 2.27. The van der Waals surface area contributed by atoms with E-state index in [1.54, 1.807) is 0 Å². The fourth-order valence-corrected chi connectivity index (χ4v) is 1.40. The van der Waals surface area contributed by atoms with Crippen LogP contribution in [0.3, 0.4) is 0 Å². The van der Waals surface area contributed by atoms with Crippen molar-refractivity contribution in [3.63, 3.8) is 0 Å². The van der Waals surface area contributed by atoms with Gasteiger partial charge in [-0.3, -0.25) is 10.2 Å². The minimum absolute atomic E-state index is 0.312. The second-order valence-corrected chi connectivity index (χ2v) is 3.51. The Morgan fingerprint density at radius 1 is 1.44 bits per heavy atom. The minimum Gasteiger partial charge on any atom is -0.394 e. The Hall–Kier alpha value is -0.770. The van der Waals surface area contributed by atoms with Crippen LogP contribution in [-0.4, -0.2) is 63.6 Å². The maximum Gasteiger partial charge on any atom is 0.230 e. The number of rotatable bonds is 3. The number of hydrogen-bond donors (Lipinski definition) is 6. The van der Waals surface area contributed by atoms with Crippen molar-refractivity contribution in [2.45, 2.75) is 37.6 Å². The summed E-state index contributed by atoms with van der Waals surface area (Å²) in [6.07, 6.45) is -5.59. The number of ether oxygens (including phenoxy) is 1. The molecule has 0 aromatic carbocycles. The van der Waals surface area contributed by atoms with Gasteiger partial charge in [0.2, 0.25) is 5.91 Å². The Morgan fingerprint density at radius 2 is 2.06 bits per heavy atom. The highest BCUT2D eigenvalue weighted by atomic mass is 16.6. The molecule has 5 atom stereocenters. The summed E-state index contributed by atoms with van der Waals surface area (Å²) in [6, 6.07) is -1.24. The molecule has 0 bridgehead atoms. The summed E-state index contributed by atoms with van der Waals surface area (Å²) >= 11 is 0. The van der Waals surface area contributed by atoms with E-state index in [9.17, 15) is 20.1 Å². The molecule has 1 fully saturated rings. The van der Waals surface area contributed by atoms with E-state index in [4.69, 9.17) is 11.3 Å². The van der Waals surface area contributed by atoms with Crippen LogP contribution in [0.15, 0.2) is 0 Å². The summed E-state index contributed by atoms with van der Waals surface area (Å²) in [7, 11) is 0. The molecule has 1 aliphatic rings. The number of hydrogen-bond acceptors (Lipinski definition) is 7. The van der Waals surface area contributed by atoms with Crippen LogP contribution in [0.25, 0.3) is 0 Å². The second-order valence-electron chi connectivity index (χ2n) is 3.51. The first-order valence-electron chi connectivity index (χ1n) is 5.19. The largest absolute Gasteiger partial charge is 0.394 e. The summed E-state index contributed by atoms with van der Waals surface area (Å²) < 4.78 is 12.0. The number of aliphatic hydroxyl groups excluding tert-OH is 4. The van der Waals surface area contributed by atoms with Gasteiger partial charge in [0.05, 0.1) is 6.61 Å². The molecular weight excluding hydrogens is 220 g/mol. The molecule has 0 aliphatic carbocycles. The quantitative estimate of drug-likeness (QED) is 0.280. The Balaban J connectivity index is 2.69. The van der Waals surface area contributed by atoms with Gasteiger partial charge in [0.15, 0.2) is 7.70 Å². The first kappa shape index (κ1) is 11.7. The van der Waals surface area contributed by atoms with Gasteiger partial charge < -0.3 is 25.2 Å². The topological polar surface area (TPSA) is 131 Å². The molecule has 1 amide bonds. The Kier molecular flexibility index (Phi) is 4.04. The van der Waals surface area contributed by atoms with Crippen LogP contribution in [0.2, 0.25) is 1.41 Å². The van der Waals surface area contributed by atoms with Crippen molar-refractivity contribution in [3.8, 4) is 0 Å². The lowest BCUT2D eigenvalue weighted by Crippen LogP contribution is -2.65. The first-order chi connectivity index (χ1) is 7.88. The van der Waals surface area contributed by atoms with Gasteiger partial charge in [-0.25, -0.2) is 5.43 Å². The molecular formula is C8H16N2O6. The van der Waals surface area contributed by atoms with Crippen molar-refractivity contribution in [2.24, 2.45) is 0 Å². The third-order valence-corrected chi connectivity index (χ3v) is 2.27. The molecule has 16 heavy (non-hydrogen) atoms. The standard InChI is InChI=1S/C8H16N2O6/c1-3(12)9-10-5-7(14)6(13)4(2-11)16-8(5)15/h4-8,10-11,13-15H,2H2,1H3,(H,9,12)/t4-,5-,6-,7-,8?/m1/s1/i/hD. The number of hydrazine groups is 1. The predicted octanol–water partition coefficient (Wildman–Crippen LogP) is -3.57. The van der Waals surface area contributed by atoms with Crippen LogP contribution in [0, 0.1) is 0 Å². The minimum atomic E-state index is -1.56. The Bertz CT molecular complexity index is 281. The van der Waals surface area contributed by atoms with Gasteiger partial charge in [-0.05, 0) is 0 Å². The lowest BCUT2D eigenvalue weighted by Gasteiger charge is -2.40. The molecule has 1 rings (SSSR count). The van der Waals surface area contributed by atoms with Crippen LogP contribution in [0.4, 0.5) is 0 Å². The second kappa shape index (κ2) is 5.53. The normalized spacial score (nSPS) is 40.3. The van der Waals surface area contributed by atoms with Gasteiger partial charge in [0.25, 0.3) is 0 Å². The molecule has 0 spiro atoms. The SMILES string of the molecule is [2H]N(N[C@H]1C(O)O[C@H](CO)[C@@H](O)[C@@H]1O)C(C)=O. The Labute approximate surface area is 93.3 Å². The van der Waals surface area contributed by atoms with Crippen molar-refractivity contribution in [2.75, 3.05) is 6.61 Å². The fourth-order valence-electron chi connectivity index (χ4n) is 1.40. The highest BCUT2D eigenvalue weighted by molar-refractivity contribution is 5.72. The molecule has 0 aromatic heterocycles. The maximum atomic E-state index is 10.8. The lowest BCUT2D eigenvalue weighted by atomic mass is 9.98. The van der Waals surface area contributed by atoms with Crippen molar-refractivity contribution in [3.05, 3.63) is 0 Å². The van der Waals surface area contributed by atoms with Crippen LogP contribution in [0.1, 0.15) is 6.92 Å². The van der Waals surface area contributed by atoms with Gasteiger partial charge in [0, 0.05) is 6.92 Å². The van der Waals surface area contributed by atoms with E-state index in [0.29, 0.717) is 5.42 Å². The number of aliphatic hydroxyl groups is 4. The number of nitrogens with one attached hydrogen (secondary N) is 2. The van der Waals surface area contributed by atoms with E-state index < -0.39 is 43.2 Å². The zero-order valence-corrected chi connectivity index (χ0v) is 8.65. The van der Waals surface area contributed by atoms with E-state index in [0.717, 1.165) is 6.92 Å². The highest BCUT2D eigenvalue weighted by Crippen LogP contribution is 2.19. The van der Waals surface area contributed by atoms with Crippen LogP contribution in [0.5, 0.6) is 0 Å². The molecule has 94 valence electrons. The summed E-state index contributed by atoms with van der Waals surface area (Å²) in [5, 5.41) is 37.5. The average Bonchev–Trinajstić information content (AvgIpc) is 2.28. The number of carbonyl (C=O) groups excluding carboxylic acids is 1. The summed E-state index contributed by atoms with van der Waals surface area (Å²) in [6.45, 7) is 0.536. The summed E-state index contributed by atoms with van der Waals surface area (Å²) in [5.41, 5.74) is 2.49. The third kappa shape index (κ3) is 2.88.